The standard InChI is InChI=1S/C21H24N4O3/c1-27-17-11-16(12-18(13-17)28-2)23-20-14-19(15-7-4-3-5-8-15)24-21(25-20)22-9-6-10-26/h3-5,7-8,11-14,26H,6,9-10H2,1-2H3,(H2,22,23,24,25). The molecule has 0 aliphatic heterocycles. The Morgan fingerprint density at radius 1 is 0.929 bits per heavy atom. The number of hydrogen-bond donors (Lipinski definition) is 3. The van der Waals surface area contributed by atoms with Crippen LogP contribution in [0.1, 0.15) is 6.42 Å². The summed E-state index contributed by atoms with van der Waals surface area (Å²) in [7, 11) is 3.22. The quantitative estimate of drug-likeness (QED) is 0.488. The van der Waals surface area contributed by atoms with E-state index in [0.29, 0.717) is 36.2 Å². The van der Waals surface area contributed by atoms with Gasteiger partial charge < -0.3 is 25.2 Å². The summed E-state index contributed by atoms with van der Waals surface area (Å²) < 4.78 is 10.7. The summed E-state index contributed by atoms with van der Waals surface area (Å²) in [5, 5.41) is 15.5. The maximum absolute atomic E-state index is 9.01. The van der Waals surface area contributed by atoms with Gasteiger partial charge in [-0.15, -0.1) is 0 Å². The molecule has 7 heteroatoms. The van der Waals surface area contributed by atoms with Crippen LogP contribution in [0.5, 0.6) is 11.5 Å². The van der Waals surface area contributed by atoms with Gasteiger partial charge in [0.25, 0.3) is 0 Å². The van der Waals surface area contributed by atoms with Crippen LogP contribution in [0.2, 0.25) is 0 Å². The zero-order valence-corrected chi connectivity index (χ0v) is 16.0. The minimum absolute atomic E-state index is 0.111. The summed E-state index contributed by atoms with van der Waals surface area (Å²) in [6, 6.07) is 17.3. The third kappa shape index (κ3) is 5.11. The van der Waals surface area contributed by atoms with Crippen molar-refractivity contribution in [3.05, 3.63) is 54.6 Å². The lowest BCUT2D eigenvalue weighted by molar-refractivity contribution is 0.292. The maximum Gasteiger partial charge on any atom is 0.225 e. The van der Waals surface area contributed by atoms with Crippen molar-refractivity contribution in [2.45, 2.75) is 6.42 Å². The second-order valence-electron chi connectivity index (χ2n) is 6.06. The number of aliphatic hydroxyl groups is 1. The van der Waals surface area contributed by atoms with E-state index in [-0.39, 0.29) is 6.61 Å². The molecule has 0 aliphatic rings. The van der Waals surface area contributed by atoms with E-state index in [4.69, 9.17) is 14.6 Å². The molecule has 0 atom stereocenters. The predicted octanol–water partition coefficient (Wildman–Crippen LogP) is 3.70. The Morgan fingerprint density at radius 3 is 2.29 bits per heavy atom. The number of nitrogens with zero attached hydrogens (tertiary/aromatic N) is 2. The van der Waals surface area contributed by atoms with Crippen LogP contribution < -0.4 is 20.1 Å². The van der Waals surface area contributed by atoms with Crippen molar-refractivity contribution in [3.8, 4) is 22.8 Å². The molecule has 1 aromatic heterocycles. The van der Waals surface area contributed by atoms with Gasteiger partial charge in [-0.2, -0.15) is 4.98 Å². The fourth-order valence-electron chi connectivity index (χ4n) is 2.65. The number of benzene rings is 2. The highest BCUT2D eigenvalue weighted by Crippen LogP contribution is 2.29. The van der Waals surface area contributed by atoms with E-state index < -0.39 is 0 Å². The van der Waals surface area contributed by atoms with Gasteiger partial charge in [-0.05, 0) is 6.42 Å². The number of nitrogens with one attached hydrogen (secondary N) is 2. The normalized spacial score (nSPS) is 10.4. The lowest BCUT2D eigenvalue weighted by Crippen LogP contribution is -2.08. The van der Waals surface area contributed by atoms with Crippen molar-refractivity contribution >= 4 is 17.5 Å². The molecule has 0 radical (unpaired) electrons. The Labute approximate surface area is 164 Å². The molecule has 0 spiro atoms. The summed E-state index contributed by atoms with van der Waals surface area (Å²) in [5.41, 5.74) is 2.57. The molecule has 0 aliphatic carbocycles. The highest BCUT2D eigenvalue weighted by Gasteiger charge is 2.09. The van der Waals surface area contributed by atoms with Gasteiger partial charge in [0.2, 0.25) is 5.95 Å². The summed E-state index contributed by atoms with van der Waals surface area (Å²) in [6.45, 7) is 0.696. The van der Waals surface area contributed by atoms with E-state index in [0.717, 1.165) is 16.9 Å². The third-order valence-electron chi connectivity index (χ3n) is 4.04. The molecule has 0 saturated heterocycles. The number of aromatic nitrogens is 2. The number of anilines is 3. The van der Waals surface area contributed by atoms with Crippen LogP contribution in [0, 0.1) is 0 Å². The van der Waals surface area contributed by atoms with Gasteiger partial charge in [-0.3, -0.25) is 0 Å². The van der Waals surface area contributed by atoms with Gasteiger partial charge in [0.1, 0.15) is 17.3 Å². The largest absolute Gasteiger partial charge is 0.497 e. The van der Waals surface area contributed by atoms with Crippen molar-refractivity contribution in [1.29, 1.82) is 0 Å². The smallest absolute Gasteiger partial charge is 0.225 e. The van der Waals surface area contributed by atoms with Gasteiger partial charge in [-0.1, -0.05) is 30.3 Å². The molecule has 3 rings (SSSR count). The van der Waals surface area contributed by atoms with E-state index in [2.05, 4.69) is 20.6 Å². The molecule has 2 aromatic carbocycles. The molecule has 0 unspecified atom stereocenters. The van der Waals surface area contributed by atoms with E-state index in [1.807, 2.05) is 54.6 Å². The van der Waals surface area contributed by atoms with Crippen LogP contribution in [0.15, 0.2) is 54.6 Å². The van der Waals surface area contributed by atoms with Gasteiger partial charge in [0.05, 0.1) is 19.9 Å². The molecular formula is C21H24N4O3. The molecule has 1 heterocycles. The van der Waals surface area contributed by atoms with Crippen LogP contribution in [-0.2, 0) is 0 Å². The molecular weight excluding hydrogens is 356 g/mol. The molecule has 0 amide bonds. The minimum Gasteiger partial charge on any atom is -0.497 e. The second-order valence-corrected chi connectivity index (χ2v) is 6.06. The predicted molar refractivity (Wildman–Crippen MR) is 110 cm³/mol. The van der Waals surface area contributed by atoms with Crippen LogP contribution in [0.3, 0.4) is 0 Å². The SMILES string of the molecule is COc1cc(Nc2cc(-c3ccccc3)nc(NCCCO)n2)cc(OC)c1. The topological polar surface area (TPSA) is 88.5 Å². The Kier molecular flexibility index (Phi) is 6.64. The first-order valence-electron chi connectivity index (χ1n) is 9.01. The van der Waals surface area contributed by atoms with Crippen LogP contribution in [-0.4, -0.2) is 42.4 Å². The lowest BCUT2D eigenvalue weighted by atomic mass is 10.1. The maximum atomic E-state index is 9.01. The summed E-state index contributed by atoms with van der Waals surface area (Å²) >= 11 is 0. The first-order valence-corrected chi connectivity index (χ1v) is 9.01. The second kappa shape index (κ2) is 9.57. The number of aliphatic hydroxyl groups excluding tert-OH is 1. The number of ether oxygens (including phenoxy) is 2. The highest BCUT2D eigenvalue weighted by atomic mass is 16.5. The molecule has 0 bridgehead atoms. The van der Waals surface area contributed by atoms with Gasteiger partial charge in [0.15, 0.2) is 0 Å². The number of methoxy groups -OCH3 is 2. The average molecular weight is 380 g/mol. The van der Waals surface area contributed by atoms with Crippen molar-refractivity contribution in [1.82, 2.24) is 9.97 Å². The number of hydrogen-bond acceptors (Lipinski definition) is 7. The summed E-state index contributed by atoms with van der Waals surface area (Å²) in [4.78, 5) is 9.13. The van der Waals surface area contributed by atoms with E-state index >= 15 is 0 Å². The minimum atomic E-state index is 0.111. The summed E-state index contributed by atoms with van der Waals surface area (Å²) in [5.74, 6) is 2.49. The lowest BCUT2D eigenvalue weighted by Gasteiger charge is -2.13. The van der Waals surface area contributed by atoms with Crippen molar-refractivity contribution < 1.29 is 14.6 Å². The Morgan fingerprint density at radius 2 is 1.64 bits per heavy atom. The molecule has 28 heavy (non-hydrogen) atoms. The molecule has 146 valence electrons. The van der Waals surface area contributed by atoms with E-state index in [1.54, 1.807) is 14.2 Å². The van der Waals surface area contributed by atoms with E-state index in [1.165, 1.54) is 0 Å². The fourth-order valence-corrected chi connectivity index (χ4v) is 2.65. The van der Waals surface area contributed by atoms with Gasteiger partial charge in [0, 0.05) is 48.7 Å². The van der Waals surface area contributed by atoms with Crippen LogP contribution in [0.25, 0.3) is 11.3 Å². The fraction of sp³-hybridized carbons (Fsp3) is 0.238. The van der Waals surface area contributed by atoms with E-state index in [9.17, 15) is 0 Å². The molecule has 0 saturated carbocycles. The molecule has 0 fully saturated rings. The number of rotatable bonds is 9. The van der Waals surface area contributed by atoms with Gasteiger partial charge >= 0.3 is 0 Å². The first-order chi connectivity index (χ1) is 13.7. The van der Waals surface area contributed by atoms with Crippen molar-refractivity contribution in [2.75, 3.05) is 38.0 Å². The zero-order valence-electron chi connectivity index (χ0n) is 16.0. The first kappa shape index (κ1) is 19.4. The highest BCUT2D eigenvalue weighted by molar-refractivity contribution is 5.68. The monoisotopic (exact) mass is 380 g/mol. The molecule has 3 aromatic rings. The van der Waals surface area contributed by atoms with Gasteiger partial charge in [-0.25, -0.2) is 4.98 Å². The average Bonchev–Trinajstić information content (AvgIpc) is 2.74. The Hall–Kier alpha value is -3.32. The third-order valence-corrected chi connectivity index (χ3v) is 4.04. The van der Waals surface area contributed by atoms with Crippen LogP contribution in [0.4, 0.5) is 17.5 Å². The van der Waals surface area contributed by atoms with Crippen molar-refractivity contribution in [2.24, 2.45) is 0 Å². The van der Waals surface area contributed by atoms with Crippen LogP contribution >= 0.6 is 0 Å². The summed E-state index contributed by atoms with van der Waals surface area (Å²) in [6.07, 6.45) is 0.620. The van der Waals surface area contributed by atoms with Crippen molar-refractivity contribution in [3.63, 3.8) is 0 Å². The molecule has 3 N–H and O–H groups in total. The Balaban J connectivity index is 1.94. The Bertz CT molecular complexity index is 881. The molecule has 7 nitrogen and oxygen atoms in total. The zero-order chi connectivity index (χ0) is 19.8.